The average Bonchev–Trinajstić information content (AvgIpc) is 2.85. The number of hydrogen-bond acceptors (Lipinski definition) is 4. The Balaban J connectivity index is 2.03. The summed E-state index contributed by atoms with van der Waals surface area (Å²) in [7, 11) is 0. The molecule has 108 valence electrons. The molecular weight excluding hydrogens is 250 g/mol. The van der Waals surface area contributed by atoms with E-state index < -0.39 is 0 Å². The normalized spacial score (nSPS) is 11.8. The Morgan fingerprint density at radius 2 is 2.05 bits per heavy atom. The van der Waals surface area contributed by atoms with Gasteiger partial charge < -0.3 is 10.3 Å². The van der Waals surface area contributed by atoms with Crippen LogP contribution in [-0.4, -0.2) is 16.7 Å². The maximum absolute atomic E-state index is 5.63. The Morgan fingerprint density at radius 1 is 1.25 bits per heavy atom. The van der Waals surface area contributed by atoms with Crippen molar-refractivity contribution in [2.75, 3.05) is 6.54 Å². The minimum Gasteiger partial charge on any atom is -0.339 e. The molecule has 4 nitrogen and oxygen atoms in total. The van der Waals surface area contributed by atoms with Crippen LogP contribution in [0, 0.1) is 12.3 Å². The summed E-state index contributed by atoms with van der Waals surface area (Å²) in [4.78, 5) is 4.48. The number of nitrogens with two attached hydrogens (primary N) is 1. The quantitative estimate of drug-likeness (QED) is 0.876. The first kappa shape index (κ1) is 14.7. The number of benzene rings is 1. The number of hydrogen-bond donors (Lipinski definition) is 1. The van der Waals surface area contributed by atoms with E-state index in [0.29, 0.717) is 18.3 Å². The van der Waals surface area contributed by atoms with Gasteiger partial charge in [-0.15, -0.1) is 0 Å². The molecular formula is C16H23N3O. The van der Waals surface area contributed by atoms with Crippen molar-refractivity contribution >= 4 is 0 Å². The maximum atomic E-state index is 5.63. The van der Waals surface area contributed by atoms with Gasteiger partial charge in [0.25, 0.3) is 0 Å². The first-order valence-corrected chi connectivity index (χ1v) is 7.10. The molecule has 1 heterocycles. The Bertz CT molecular complexity index is 560. The zero-order chi connectivity index (χ0) is 14.6. The van der Waals surface area contributed by atoms with Crippen molar-refractivity contribution < 1.29 is 4.52 Å². The number of rotatable bonds is 6. The van der Waals surface area contributed by atoms with Crippen molar-refractivity contribution in [3.05, 3.63) is 35.7 Å². The third-order valence-electron chi connectivity index (χ3n) is 3.58. The van der Waals surface area contributed by atoms with Crippen molar-refractivity contribution in [1.82, 2.24) is 10.1 Å². The standard InChI is InChI=1S/C16H23N3O/c1-12-5-4-6-13(11-12)15-18-14(20-19-15)7-8-16(2,3)9-10-17/h4-6,11H,7-10,17H2,1-3H3. The zero-order valence-electron chi connectivity index (χ0n) is 12.5. The summed E-state index contributed by atoms with van der Waals surface area (Å²) in [6, 6.07) is 8.12. The van der Waals surface area contributed by atoms with E-state index in [1.807, 2.05) is 12.1 Å². The predicted molar refractivity (Wildman–Crippen MR) is 80.2 cm³/mol. The van der Waals surface area contributed by atoms with Gasteiger partial charge in [-0.05, 0) is 37.8 Å². The number of aromatic nitrogens is 2. The molecule has 0 saturated carbocycles. The Hall–Kier alpha value is -1.68. The summed E-state index contributed by atoms with van der Waals surface area (Å²) in [6.45, 7) is 7.21. The van der Waals surface area contributed by atoms with Gasteiger partial charge in [-0.25, -0.2) is 0 Å². The second kappa shape index (κ2) is 6.18. The Morgan fingerprint density at radius 3 is 2.75 bits per heavy atom. The molecule has 1 aromatic carbocycles. The molecule has 0 bridgehead atoms. The summed E-state index contributed by atoms with van der Waals surface area (Å²) in [5.41, 5.74) is 8.04. The van der Waals surface area contributed by atoms with Crippen LogP contribution in [0.25, 0.3) is 11.4 Å². The molecule has 0 aliphatic rings. The third-order valence-corrected chi connectivity index (χ3v) is 3.58. The van der Waals surface area contributed by atoms with Crippen LogP contribution >= 0.6 is 0 Å². The van der Waals surface area contributed by atoms with Gasteiger partial charge in [-0.1, -0.05) is 42.8 Å². The van der Waals surface area contributed by atoms with Crippen molar-refractivity contribution in [2.24, 2.45) is 11.1 Å². The molecule has 2 rings (SSSR count). The second-order valence-corrected chi connectivity index (χ2v) is 6.08. The van der Waals surface area contributed by atoms with Gasteiger partial charge in [0.15, 0.2) is 0 Å². The van der Waals surface area contributed by atoms with Crippen LogP contribution in [0.4, 0.5) is 0 Å². The average molecular weight is 273 g/mol. The van der Waals surface area contributed by atoms with Crippen LogP contribution in [0.2, 0.25) is 0 Å². The van der Waals surface area contributed by atoms with Crippen LogP contribution in [0.15, 0.2) is 28.8 Å². The van der Waals surface area contributed by atoms with Crippen molar-refractivity contribution in [3.63, 3.8) is 0 Å². The van der Waals surface area contributed by atoms with Crippen molar-refractivity contribution in [3.8, 4) is 11.4 Å². The van der Waals surface area contributed by atoms with Crippen LogP contribution < -0.4 is 5.73 Å². The first-order valence-electron chi connectivity index (χ1n) is 7.10. The largest absolute Gasteiger partial charge is 0.339 e. The monoisotopic (exact) mass is 273 g/mol. The van der Waals surface area contributed by atoms with E-state index in [1.54, 1.807) is 0 Å². The fraction of sp³-hybridized carbons (Fsp3) is 0.500. The highest BCUT2D eigenvalue weighted by Crippen LogP contribution is 2.26. The molecule has 0 aliphatic carbocycles. The van der Waals surface area contributed by atoms with Crippen molar-refractivity contribution in [2.45, 2.75) is 40.0 Å². The summed E-state index contributed by atoms with van der Waals surface area (Å²) in [5.74, 6) is 1.37. The highest BCUT2D eigenvalue weighted by atomic mass is 16.5. The van der Waals surface area contributed by atoms with E-state index in [9.17, 15) is 0 Å². The lowest BCUT2D eigenvalue weighted by Crippen LogP contribution is -2.17. The molecule has 0 atom stereocenters. The molecule has 0 saturated heterocycles. The van der Waals surface area contributed by atoms with Crippen molar-refractivity contribution in [1.29, 1.82) is 0 Å². The topological polar surface area (TPSA) is 64.9 Å². The van der Waals surface area contributed by atoms with E-state index in [4.69, 9.17) is 10.3 Å². The zero-order valence-corrected chi connectivity index (χ0v) is 12.5. The van der Waals surface area contributed by atoms with E-state index >= 15 is 0 Å². The van der Waals surface area contributed by atoms with Gasteiger partial charge in [0.2, 0.25) is 11.7 Å². The lowest BCUT2D eigenvalue weighted by Gasteiger charge is -2.22. The van der Waals surface area contributed by atoms with Gasteiger partial charge in [0.05, 0.1) is 0 Å². The fourth-order valence-electron chi connectivity index (χ4n) is 2.22. The molecule has 0 aliphatic heterocycles. The summed E-state index contributed by atoms with van der Waals surface area (Å²) < 4.78 is 5.34. The summed E-state index contributed by atoms with van der Waals surface area (Å²) in [5, 5.41) is 4.06. The molecule has 0 amide bonds. The van der Waals surface area contributed by atoms with Gasteiger partial charge in [-0.3, -0.25) is 0 Å². The van der Waals surface area contributed by atoms with Crippen LogP contribution in [0.5, 0.6) is 0 Å². The molecule has 4 heteroatoms. The maximum Gasteiger partial charge on any atom is 0.226 e. The Kier molecular flexibility index (Phi) is 4.55. The highest BCUT2D eigenvalue weighted by molar-refractivity contribution is 5.55. The van der Waals surface area contributed by atoms with Crippen LogP contribution in [0.1, 0.15) is 38.1 Å². The molecule has 1 aromatic heterocycles. The SMILES string of the molecule is Cc1cccc(-c2noc(CCC(C)(C)CCN)n2)c1. The molecule has 0 unspecified atom stereocenters. The smallest absolute Gasteiger partial charge is 0.226 e. The molecule has 20 heavy (non-hydrogen) atoms. The highest BCUT2D eigenvalue weighted by Gasteiger charge is 2.18. The second-order valence-electron chi connectivity index (χ2n) is 6.08. The summed E-state index contributed by atoms with van der Waals surface area (Å²) in [6.07, 6.45) is 2.80. The van der Waals surface area contributed by atoms with E-state index in [-0.39, 0.29) is 5.41 Å². The minimum absolute atomic E-state index is 0.215. The molecule has 0 fully saturated rings. The number of aryl methyl sites for hydroxylation is 2. The molecule has 2 N–H and O–H groups in total. The molecule has 0 spiro atoms. The van der Waals surface area contributed by atoms with E-state index in [0.717, 1.165) is 24.8 Å². The molecule has 2 aromatic rings. The predicted octanol–water partition coefficient (Wildman–Crippen LogP) is 3.35. The molecule has 0 radical (unpaired) electrons. The first-order chi connectivity index (χ1) is 9.50. The lowest BCUT2D eigenvalue weighted by molar-refractivity contribution is 0.289. The van der Waals surface area contributed by atoms with Gasteiger partial charge >= 0.3 is 0 Å². The Labute approximate surface area is 120 Å². The van der Waals surface area contributed by atoms with Crippen LogP contribution in [-0.2, 0) is 6.42 Å². The lowest BCUT2D eigenvalue weighted by atomic mass is 9.84. The number of nitrogens with zero attached hydrogens (tertiary/aromatic N) is 2. The van der Waals surface area contributed by atoms with E-state index in [1.165, 1.54) is 5.56 Å². The van der Waals surface area contributed by atoms with E-state index in [2.05, 4.69) is 43.0 Å². The van der Waals surface area contributed by atoms with Gasteiger partial charge in [-0.2, -0.15) is 4.98 Å². The van der Waals surface area contributed by atoms with Gasteiger partial charge in [0.1, 0.15) is 0 Å². The third kappa shape index (κ3) is 3.90. The fourth-order valence-corrected chi connectivity index (χ4v) is 2.22. The summed E-state index contributed by atoms with van der Waals surface area (Å²) >= 11 is 0. The minimum atomic E-state index is 0.215. The van der Waals surface area contributed by atoms with Crippen LogP contribution in [0.3, 0.4) is 0 Å². The van der Waals surface area contributed by atoms with Gasteiger partial charge in [0, 0.05) is 12.0 Å².